The van der Waals surface area contributed by atoms with E-state index in [-0.39, 0.29) is 24.2 Å². The van der Waals surface area contributed by atoms with Crippen LogP contribution in [0, 0.1) is 0 Å². The Labute approximate surface area is 116 Å². The third-order valence-electron chi connectivity index (χ3n) is 3.17. The normalized spacial score (nSPS) is 16.7. The fraction of sp³-hybridized carbons (Fsp3) is 0.417. The second kappa shape index (κ2) is 4.70. The zero-order valence-electron chi connectivity index (χ0n) is 10.1. The third-order valence-corrected chi connectivity index (χ3v) is 3.63. The third kappa shape index (κ3) is 2.43. The predicted octanol–water partition coefficient (Wildman–Crippen LogP) is 3.33. The molecule has 1 amide bonds. The van der Waals surface area contributed by atoms with Gasteiger partial charge in [-0.15, -0.1) is 0 Å². The highest BCUT2D eigenvalue weighted by molar-refractivity contribution is 9.10. The number of fused-ring (bicyclic) bond motifs is 1. The molecule has 1 aliphatic heterocycles. The van der Waals surface area contributed by atoms with Gasteiger partial charge in [-0.2, -0.15) is 13.2 Å². The zero-order valence-corrected chi connectivity index (χ0v) is 11.7. The molecule has 2 N–H and O–H groups in total. The maximum atomic E-state index is 12.9. The number of carbonyl (C=O) groups is 1. The second-order valence-electron chi connectivity index (χ2n) is 4.43. The first-order valence-corrected chi connectivity index (χ1v) is 6.50. The van der Waals surface area contributed by atoms with Gasteiger partial charge in [0.05, 0.1) is 5.56 Å². The van der Waals surface area contributed by atoms with E-state index in [1.807, 2.05) is 0 Å². The number of amides is 1. The van der Waals surface area contributed by atoms with Crippen LogP contribution in [0.3, 0.4) is 0 Å². The summed E-state index contributed by atoms with van der Waals surface area (Å²) in [5, 5.41) is 0. The fourth-order valence-electron chi connectivity index (χ4n) is 2.35. The van der Waals surface area contributed by atoms with Crippen LogP contribution in [-0.4, -0.2) is 23.0 Å². The number of hydrogen-bond acceptors (Lipinski definition) is 2. The van der Waals surface area contributed by atoms with E-state index < -0.39 is 18.1 Å². The topological polar surface area (TPSA) is 46.3 Å². The Balaban J connectivity index is 2.41. The largest absolute Gasteiger partial charge is 0.408 e. The number of halogens is 4. The maximum absolute atomic E-state index is 12.9. The Bertz CT molecular complexity index is 530. The van der Waals surface area contributed by atoms with Crippen molar-refractivity contribution in [1.29, 1.82) is 0 Å². The number of benzene rings is 1. The van der Waals surface area contributed by atoms with E-state index in [0.717, 1.165) is 4.90 Å². The van der Waals surface area contributed by atoms with Crippen molar-refractivity contribution in [2.45, 2.75) is 32.1 Å². The first kappa shape index (κ1) is 14.2. The first-order valence-electron chi connectivity index (χ1n) is 5.71. The number of rotatable bonds is 2. The van der Waals surface area contributed by atoms with Gasteiger partial charge in [0.2, 0.25) is 0 Å². The Morgan fingerprint density at radius 2 is 2.11 bits per heavy atom. The van der Waals surface area contributed by atoms with E-state index in [1.54, 1.807) is 6.07 Å². The van der Waals surface area contributed by atoms with E-state index in [1.165, 1.54) is 13.0 Å². The minimum atomic E-state index is -4.43. The van der Waals surface area contributed by atoms with Crippen molar-refractivity contribution >= 4 is 27.5 Å². The molecule has 0 spiro atoms. The van der Waals surface area contributed by atoms with Crippen molar-refractivity contribution in [2.75, 3.05) is 5.73 Å². The average Bonchev–Trinajstić information content (AvgIpc) is 2.54. The number of alkyl halides is 3. The van der Waals surface area contributed by atoms with Gasteiger partial charge in [0.15, 0.2) is 0 Å². The Morgan fingerprint density at radius 1 is 1.47 bits per heavy atom. The monoisotopic (exact) mass is 336 g/mol. The summed E-state index contributed by atoms with van der Waals surface area (Å²) in [6, 6.07) is 1.38. The molecule has 0 bridgehead atoms. The van der Waals surface area contributed by atoms with Crippen LogP contribution in [0.4, 0.5) is 18.9 Å². The lowest BCUT2D eigenvalue weighted by Gasteiger charge is -2.28. The van der Waals surface area contributed by atoms with Gasteiger partial charge >= 0.3 is 6.18 Å². The van der Waals surface area contributed by atoms with Crippen LogP contribution in [0.2, 0.25) is 0 Å². The summed E-state index contributed by atoms with van der Waals surface area (Å²) in [6.07, 6.45) is -4.61. The Kier molecular flexibility index (Phi) is 3.51. The smallest absolute Gasteiger partial charge is 0.398 e. The Hall–Kier alpha value is -1.24. The van der Waals surface area contributed by atoms with E-state index in [9.17, 15) is 18.0 Å². The van der Waals surface area contributed by atoms with Crippen molar-refractivity contribution < 1.29 is 18.0 Å². The predicted molar refractivity (Wildman–Crippen MR) is 68.6 cm³/mol. The molecular formula is C12H12BrF3N2O. The van der Waals surface area contributed by atoms with Gasteiger partial charge in [-0.3, -0.25) is 4.79 Å². The summed E-state index contributed by atoms with van der Waals surface area (Å²) in [5.41, 5.74) is 6.63. The molecule has 0 aliphatic carbocycles. The van der Waals surface area contributed by atoms with Crippen molar-refractivity contribution in [3.63, 3.8) is 0 Å². The number of anilines is 1. The van der Waals surface area contributed by atoms with E-state index in [4.69, 9.17) is 5.73 Å². The lowest BCUT2D eigenvalue weighted by atomic mass is 10.1. The number of nitrogens with zero attached hydrogens (tertiary/aromatic N) is 1. The number of carbonyl (C=O) groups excluding carboxylic acids is 1. The molecule has 0 unspecified atom stereocenters. The highest BCUT2D eigenvalue weighted by Crippen LogP contribution is 2.36. The van der Waals surface area contributed by atoms with Gasteiger partial charge < -0.3 is 10.6 Å². The van der Waals surface area contributed by atoms with Gasteiger partial charge in [-0.05, 0) is 24.1 Å². The van der Waals surface area contributed by atoms with Crippen LogP contribution in [0.5, 0.6) is 0 Å². The van der Waals surface area contributed by atoms with Crippen LogP contribution >= 0.6 is 15.9 Å². The first-order chi connectivity index (χ1) is 8.75. The molecule has 1 aliphatic rings. The van der Waals surface area contributed by atoms with Crippen molar-refractivity contribution in [1.82, 2.24) is 4.90 Å². The van der Waals surface area contributed by atoms with Crippen molar-refractivity contribution in [3.8, 4) is 0 Å². The van der Waals surface area contributed by atoms with Crippen LogP contribution in [0.25, 0.3) is 0 Å². The average molecular weight is 337 g/mol. The molecule has 19 heavy (non-hydrogen) atoms. The number of hydrogen-bond donors (Lipinski definition) is 1. The van der Waals surface area contributed by atoms with Crippen LogP contribution < -0.4 is 5.73 Å². The van der Waals surface area contributed by atoms with Gasteiger partial charge in [-0.1, -0.05) is 22.9 Å². The minimum Gasteiger partial charge on any atom is -0.398 e. The number of nitrogen functional groups attached to an aromatic ring is 1. The second-order valence-corrected chi connectivity index (χ2v) is 5.34. The van der Waals surface area contributed by atoms with Crippen LogP contribution in [-0.2, 0) is 6.54 Å². The molecule has 0 radical (unpaired) electrons. The van der Waals surface area contributed by atoms with Gasteiger partial charge in [0.25, 0.3) is 5.91 Å². The Morgan fingerprint density at radius 3 is 2.63 bits per heavy atom. The number of nitrogens with two attached hydrogens (primary N) is 1. The molecular weight excluding hydrogens is 325 g/mol. The highest BCUT2D eigenvalue weighted by Gasteiger charge is 2.47. The molecule has 0 saturated carbocycles. The summed E-state index contributed by atoms with van der Waals surface area (Å²) in [4.78, 5) is 12.9. The molecule has 104 valence electrons. The molecule has 1 aromatic carbocycles. The highest BCUT2D eigenvalue weighted by atomic mass is 79.9. The zero-order chi connectivity index (χ0) is 14.4. The summed E-state index contributed by atoms with van der Waals surface area (Å²) in [7, 11) is 0. The van der Waals surface area contributed by atoms with Crippen LogP contribution in [0.1, 0.15) is 29.3 Å². The summed E-state index contributed by atoms with van der Waals surface area (Å²) in [6.45, 7) is 1.35. The van der Waals surface area contributed by atoms with E-state index >= 15 is 0 Å². The standard InChI is InChI=1S/C12H12BrF3N2O/c1-2-9(12(14,15)16)18-5-6-3-7(13)4-8(17)10(6)11(18)19/h3-4,9H,2,5,17H2,1H3/t9-/m0/s1. The van der Waals surface area contributed by atoms with E-state index in [0.29, 0.717) is 10.0 Å². The lowest BCUT2D eigenvalue weighted by Crippen LogP contribution is -2.45. The summed E-state index contributed by atoms with van der Waals surface area (Å²) >= 11 is 3.22. The van der Waals surface area contributed by atoms with Gasteiger partial charge in [0, 0.05) is 16.7 Å². The molecule has 0 fully saturated rings. The summed E-state index contributed by atoms with van der Waals surface area (Å²) in [5.74, 6) is -0.649. The molecule has 3 nitrogen and oxygen atoms in total. The molecule has 1 aromatic rings. The van der Waals surface area contributed by atoms with Crippen molar-refractivity contribution in [3.05, 3.63) is 27.7 Å². The lowest BCUT2D eigenvalue weighted by molar-refractivity contribution is -0.177. The molecule has 1 heterocycles. The molecule has 2 rings (SSSR count). The molecule has 0 saturated heterocycles. The SMILES string of the molecule is CC[C@H](N1Cc2cc(Br)cc(N)c2C1=O)C(F)(F)F. The quantitative estimate of drug-likeness (QED) is 0.842. The van der Waals surface area contributed by atoms with Crippen LogP contribution in [0.15, 0.2) is 16.6 Å². The maximum Gasteiger partial charge on any atom is 0.408 e. The molecule has 0 aromatic heterocycles. The molecule has 1 atom stereocenters. The van der Waals surface area contributed by atoms with Gasteiger partial charge in [0.1, 0.15) is 6.04 Å². The van der Waals surface area contributed by atoms with Gasteiger partial charge in [-0.25, -0.2) is 0 Å². The van der Waals surface area contributed by atoms with Crippen molar-refractivity contribution in [2.24, 2.45) is 0 Å². The summed E-state index contributed by atoms with van der Waals surface area (Å²) < 4.78 is 39.4. The fourth-order valence-corrected chi connectivity index (χ4v) is 2.87. The molecule has 7 heteroatoms. The minimum absolute atomic E-state index is 0.0597. The van der Waals surface area contributed by atoms with E-state index in [2.05, 4.69) is 15.9 Å².